The minimum atomic E-state index is -0.773. The smallest absolute Gasteiger partial charge is 0.271 e. The first-order valence-corrected chi connectivity index (χ1v) is 7.43. The van der Waals surface area contributed by atoms with Gasteiger partial charge in [-0.15, -0.1) is 10.2 Å². The third-order valence-electron chi connectivity index (χ3n) is 4.16. The molecule has 2 aromatic carbocycles. The maximum absolute atomic E-state index is 14.3. The number of nitrogens with one attached hydrogen (secondary N) is 1. The number of halogens is 1. The van der Waals surface area contributed by atoms with E-state index < -0.39 is 11.7 Å². The summed E-state index contributed by atoms with van der Waals surface area (Å²) < 4.78 is 14.3. The summed E-state index contributed by atoms with van der Waals surface area (Å²) in [5.41, 5.74) is 13.6. The first kappa shape index (κ1) is 15.0. The Hall–Kier alpha value is -3.55. The topological polar surface area (TPSA) is 124 Å². The maximum atomic E-state index is 14.3. The fourth-order valence-corrected chi connectivity index (χ4v) is 3.02. The quantitative estimate of drug-likeness (QED) is 0.655. The molecule has 0 atom stereocenters. The van der Waals surface area contributed by atoms with Crippen molar-refractivity contribution in [2.45, 2.75) is 6.42 Å². The van der Waals surface area contributed by atoms with Crippen molar-refractivity contribution in [3.05, 3.63) is 47.4 Å². The minimum Gasteiger partial charge on any atom is -0.396 e. The molecule has 0 saturated carbocycles. The van der Waals surface area contributed by atoms with Crippen LogP contribution in [0.3, 0.4) is 0 Å². The Morgan fingerprint density at radius 2 is 2.04 bits per heavy atom. The number of hydrogen-bond donors (Lipinski definition) is 3. The Morgan fingerprint density at radius 1 is 1.24 bits per heavy atom. The molecule has 3 aromatic rings. The normalized spacial score (nSPS) is 12.9. The molecule has 0 fully saturated rings. The van der Waals surface area contributed by atoms with Crippen molar-refractivity contribution in [1.82, 2.24) is 10.2 Å². The fraction of sp³-hybridized carbons (Fsp3) is 0.0588. The molecule has 124 valence electrons. The summed E-state index contributed by atoms with van der Waals surface area (Å²) in [5, 5.41) is 10.8. The largest absolute Gasteiger partial charge is 0.396 e. The summed E-state index contributed by atoms with van der Waals surface area (Å²) in [6.07, 6.45) is 0.116. The van der Waals surface area contributed by atoms with Crippen molar-refractivity contribution >= 4 is 34.1 Å². The average Bonchev–Trinajstić information content (AvgIpc) is 2.95. The highest BCUT2D eigenvalue weighted by Crippen LogP contribution is 2.35. The van der Waals surface area contributed by atoms with Gasteiger partial charge in [0.2, 0.25) is 5.91 Å². The Bertz CT molecular complexity index is 1080. The van der Waals surface area contributed by atoms with E-state index >= 15 is 0 Å². The molecular weight excluding hydrogens is 325 g/mol. The average molecular weight is 337 g/mol. The van der Waals surface area contributed by atoms with Crippen molar-refractivity contribution in [3.8, 4) is 11.1 Å². The molecule has 1 aliphatic rings. The van der Waals surface area contributed by atoms with Gasteiger partial charge in [-0.3, -0.25) is 9.59 Å². The first-order valence-electron chi connectivity index (χ1n) is 7.43. The molecule has 1 aromatic heterocycles. The molecule has 8 heteroatoms. The van der Waals surface area contributed by atoms with Gasteiger partial charge in [-0.2, -0.15) is 0 Å². The summed E-state index contributed by atoms with van der Waals surface area (Å²) in [5.74, 6) is -1.55. The number of rotatable bonds is 2. The van der Waals surface area contributed by atoms with Crippen LogP contribution in [0.15, 0.2) is 30.3 Å². The highest BCUT2D eigenvalue weighted by atomic mass is 19.1. The second kappa shape index (κ2) is 5.23. The van der Waals surface area contributed by atoms with Gasteiger partial charge in [-0.1, -0.05) is 18.2 Å². The van der Waals surface area contributed by atoms with Crippen LogP contribution in [0.25, 0.3) is 22.0 Å². The first-order chi connectivity index (χ1) is 12.0. The van der Waals surface area contributed by atoms with Gasteiger partial charge in [0, 0.05) is 10.9 Å². The molecule has 0 spiro atoms. The van der Waals surface area contributed by atoms with Gasteiger partial charge in [0.05, 0.1) is 17.8 Å². The van der Waals surface area contributed by atoms with E-state index in [4.69, 9.17) is 11.5 Å². The van der Waals surface area contributed by atoms with E-state index in [1.807, 2.05) is 0 Å². The second-order valence-corrected chi connectivity index (χ2v) is 5.75. The van der Waals surface area contributed by atoms with E-state index in [1.165, 1.54) is 6.07 Å². The van der Waals surface area contributed by atoms with Crippen LogP contribution in [0.2, 0.25) is 0 Å². The third-order valence-corrected chi connectivity index (χ3v) is 4.16. The number of amides is 2. The Morgan fingerprint density at radius 3 is 2.80 bits per heavy atom. The number of aromatic nitrogens is 2. The lowest BCUT2D eigenvalue weighted by Gasteiger charge is -2.10. The lowest BCUT2D eigenvalue weighted by atomic mass is 9.98. The Kier molecular flexibility index (Phi) is 3.14. The molecule has 2 heterocycles. The molecule has 0 unspecified atom stereocenters. The molecule has 0 radical (unpaired) electrons. The van der Waals surface area contributed by atoms with Crippen LogP contribution >= 0.6 is 0 Å². The van der Waals surface area contributed by atoms with E-state index in [0.717, 1.165) is 0 Å². The zero-order chi connectivity index (χ0) is 17.7. The van der Waals surface area contributed by atoms with Crippen LogP contribution in [0.4, 0.5) is 15.8 Å². The molecule has 1 aliphatic heterocycles. The van der Waals surface area contributed by atoms with E-state index in [2.05, 4.69) is 15.5 Å². The number of anilines is 2. The zero-order valence-corrected chi connectivity index (χ0v) is 12.8. The number of benzene rings is 2. The summed E-state index contributed by atoms with van der Waals surface area (Å²) >= 11 is 0. The highest BCUT2D eigenvalue weighted by Gasteiger charge is 2.23. The number of hydrogen-bond acceptors (Lipinski definition) is 5. The monoisotopic (exact) mass is 337 g/mol. The van der Waals surface area contributed by atoms with Crippen LogP contribution in [-0.4, -0.2) is 22.0 Å². The van der Waals surface area contributed by atoms with Crippen LogP contribution < -0.4 is 16.8 Å². The summed E-state index contributed by atoms with van der Waals surface area (Å²) in [4.78, 5) is 22.9. The fourth-order valence-electron chi connectivity index (χ4n) is 3.02. The van der Waals surface area contributed by atoms with Crippen molar-refractivity contribution in [2.75, 3.05) is 11.1 Å². The van der Waals surface area contributed by atoms with E-state index in [0.29, 0.717) is 27.6 Å². The number of fused-ring (bicyclic) bond motifs is 2. The number of nitrogens with two attached hydrogens (primary N) is 2. The van der Waals surface area contributed by atoms with Gasteiger partial charge in [-0.05, 0) is 23.3 Å². The van der Waals surface area contributed by atoms with Crippen molar-refractivity contribution in [3.63, 3.8) is 0 Å². The third kappa shape index (κ3) is 2.26. The number of primary amides is 1. The van der Waals surface area contributed by atoms with Gasteiger partial charge in [-0.25, -0.2) is 4.39 Å². The second-order valence-electron chi connectivity index (χ2n) is 5.75. The van der Waals surface area contributed by atoms with Crippen molar-refractivity contribution in [2.24, 2.45) is 5.73 Å². The predicted octanol–water partition coefficient (Wildman–Crippen LogP) is 1.61. The number of nitrogens with zero attached hydrogens (tertiary/aromatic N) is 2. The molecule has 5 N–H and O–H groups in total. The predicted molar refractivity (Wildman–Crippen MR) is 90.2 cm³/mol. The Labute approximate surface area is 140 Å². The molecule has 0 bridgehead atoms. The van der Waals surface area contributed by atoms with Gasteiger partial charge >= 0.3 is 0 Å². The molecule has 4 rings (SSSR count). The molecule has 25 heavy (non-hydrogen) atoms. The highest BCUT2D eigenvalue weighted by molar-refractivity contribution is 6.07. The lowest BCUT2D eigenvalue weighted by Crippen LogP contribution is -2.16. The van der Waals surface area contributed by atoms with Crippen LogP contribution in [0.1, 0.15) is 16.1 Å². The summed E-state index contributed by atoms with van der Waals surface area (Å²) in [6, 6.07) is 8.19. The lowest BCUT2D eigenvalue weighted by molar-refractivity contribution is -0.115. The molecule has 0 saturated heterocycles. The number of carbonyl (C=O) groups excluding carboxylic acids is 2. The van der Waals surface area contributed by atoms with Gasteiger partial charge in [0.1, 0.15) is 11.3 Å². The molecular formula is C17H12FN5O2. The van der Waals surface area contributed by atoms with Crippen LogP contribution in [-0.2, 0) is 11.2 Å². The van der Waals surface area contributed by atoms with E-state index in [-0.39, 0.29) is 29.4 Å². The number of nitrogen functional groups attached to an aromatic ring is 1. The van der Waals surface area contributed by atoms with Crippen LogP contribution in [0, 0.1) is 5.82 Å². The summed E-state index contributed by atoms with van der Waals surface area (Å²) in [6.45, 7) is 0. The van der Waals surface area contributed by atoms with Gasteiger partial charge in [0.15, 0.2) is 5.69 Å². The molecule has 0 aliphatic carbocycles. The summed E-state index contributed by atoms with van der Waals surface area (Å²) in [7, 11) is 0. The van der Waals surface area contributed by atoms with E-state index in [1.54, 1.807) is 24.3 Å². The Balaban J connectivity index is 1.96. The maximum Gasteiger partial charge on any atom is 0.271 e. The molecule has 7 nitrogen and oxygen atoms in total. The minimum absolute atomic E-state index is 0.111. The van der Waals surface area contributed by atoms with E-state index in [9.17, 15) is 14.0 Å². The van der Waals surface area contributed by atoms with Gasteiger partial charge in [0.25, 0.3) is 5.91 Å². The SMILES string of the molecule is NC(=O)c1nnc2c(-c3cc(F)c4c(c3)CC(=O)N4)cccc2c1N. The van der Waals surface area contributed by atoms with Gasteiger partial charge < -0.3 is 16.8 Å². The standard InChI is InChI=1S/C17H12FN5O2/c18-11-5-7(4-8-6-12(24)21-14(8)11)9-2-1-3-10-13(19)16(17(20)25)23-22-15(9)10/h1-5H,6H2,(H2,19,22)(H2,20,25)(H,21,24). The number of carbonyl (C=O) groups is 2. The molecule has 2 amide bonds. The van der Waals surface area contributed by atoms with Crippen molar-refractivity contribution < 1.29 is 14.0 Å². The zero-order valence-electron chi connectivity index (χ0n) is 12.8. The van der Waals surface area contributed by atoms with Crippen molar-refractivity contribution in [1.29, 1.82) is 0 Å². The van der Waals surface area contributed by atoms with Crippen LogP contribution in [0.5, 0.6) is 0 Å².